The molecule has 0 bridgehead atoms. The van der Waals surface area contributed by atoms with Crippen molar-refractivity contribution in [2.75, 3.05) is 18.0 Å². The molecule has 0 spiro atoms. The van der Waals surface area contributed by atoms with E-state index in [1.165, 1.54) is 0 Å². The molecule has 3 amide bonds. The second-order valence-electron chi connectivity index (χ2n) is 7.01. The molecule has 7 nitrogen and oxygen atoms in total. The summed E-state index contributed by atoms with van der Waals surface area (Å²) < 4.78 is 0. The Bertz CT molecular complexity index is 669. The van der Waals surface area contributed by atoms with E-state index in [2.05, 4.69) is 38.5 Å². The van der Waals surface area contributed by atoms with Crippen LogP contribution in [0.15, 0.2) is 6.07 Å². The minimum atomic E-state index is -0.752. The molecule has 3 rings (SSSR count). The SMILES string of the molecule is CCCc1cc(N2CCC([C@]3(CC)NC(=O)NC3=O)CC2)nc(C)n1. The van der Waals surface area contributed by atoms with Crippen molar-refractivity contribution in [1.29, 1.82) is 0 Å². The number of carbonyl (C=O) groups excluding carboxylic acids is 2. The van der Waals surface area contributed by atoms with Crippen molar-refractivity contribution in [2.45, 2.75) is 58.4 Å². The van der Waals surface area contributed by atoms with Gasteiger partial charge in [0.05, 0.1) is 0 Å². The highest BCUT2D eigenvalue weighted by Crippen LogP contribution is 2.34. The van der Waals surface area contributed by atoms with Gasteiger partial charge in [-0.2, -0.15) is 0 Å². The number of aromatic nitrogens is 2. The lowest BCUT2D eigenvalue weighted by molar-refractivity contribution is -0.126. The molecule has 1 aromatic heterocycles. The summed E-state index contributed by atoms with van der Waals surface area (Å²) in [5.74, 6) is 1.75. The fourth-order valence-electron chi connectivity index (χ4n) is 4.09. The number of nitrogens with zero attached hydrogens (tertiary/aromatic N) is 3. The minimum Gasteiger partial charge on any atom is -0.356 e. The van der Waals surface area contributed by atoms with Crippen molar-refractivity contribution in [3.05, 3.63) is 17.6 Å². The summed E-state index contributed by atoms with van der Waals surface area (Å²) in [6, 6.07) is 1.71. The Kier molecular flexibility index (Phi) is 4.92. The van der Waals surface area contributed by atoms with Crippen LogP contribution in [0.1, 0.15) is 51.0 Å². The third-order valence-electron chi connectivity index (χ3n) is 5.43. The van der Waals surface area contributed by atoms with Gasteiger partial charge in [0.15, 0.2) is 0 Å². The van der Waals surface area contributed by atoms with E-state index in [9.17, 15) is 9.59 Å². The zero-order chi connectivity index (χ0) is 18.0. The maximum atomic E-state index is 12.3. The number of nitrogens with one attached hydrogen (secondary N) is 2. The van der Waals surface area contributed by atoms with E-state index in [0.29, 0.717) is 6.42 Å². The Morgan fingerprint density at radius 3 is 2.52 bits per heavy atom. The number of piperidine rings is 1. The molecule has 1 atom stereocenters. The van der Waals surface area contributed by atoms with Crippen LogP contribution in [0.3, 0.4) is 0 Å². The highest BCUT2D eigenvalue weighted by atomic mass is 16.2. The summed E-state index contributed by atoms with van der Waals surface area (Å²) in [5, 5.41) is 5.29. The summed E-state index contributed by atoms with van der Waals surface area (Å²) in [7, 11) is 0. The average molecular weight is 345 g/mol. The molecule has 0 radical (unpaired) electrons. The van der Waals surface area contributed by atoms with Crippen molar-refractivity contribution in [1.82, 2.24) is 20.6 Å². The van der Waals surface area contributed by atoms with E-state index in [1.54, 1.807) is 0 Å². The molecule has 25 heavy (non-hydrogen) atoms. The third kappa shape index (κ3) is 3.32. The van der Waals surface area contributed by atoms with Gasteiger partial charge in [0.2, 0.25) is 0 Å². The number of urea groups is 1. The fraction of sp³-hybridized carbons (Fsp3) is 0.667. The van der Waals surface area contributed by atoms with E-state index < -0.39 is 5.54 Å². The standard InChI is InChI=1S/C18H27N5O2/c1-4-6-14-11-15(20-12(3)19-14)23-9-7-13(8-10-23)18(5-2)16(24)21-17(25)22-18/h11,13H,4-10H2,1-3H3,(H2,21,22,24,25)/t18-/m0/s1. The molecule has 2 N–H and O–H groups in total. The van der Waals surface area contributed by atoms with E-state index in [1.807, 2.05) is 13.8 Å². The average Bonchev–Trinajstić information content (AvgIpc) is 2.89. The quantitative estimate of drug-likeness (QED) is 0.797. The molecule has 2 saturated heterocycles. The Hall–Kier alpha value is -2.18. The second-order valence-corrected chi connectivity index (χ2v) is 7.01. The molecular weight excluding hydrogens is 318 g/mol. The first-order valence-corrected chi connectivity index (χ1v) is 9.21. The van der Waals surface area contributed by atoms with Crippen molar-refractivity contribution in [2.24, 2.45) is 5.92 Å². The van der Waals surface area contributed by atoms with E-state index in [4.69, 9.17) is 0 Å². The maximum Gasteiger partial charge on any atom is 0.322 e. The van der Waals surface area contributed by atoms with Gasteiger partial charge in [-0.05, 0) is 38.5 Å². The first-order valence-electron chi connectivity index (χ1n) is 9.21. The number of hydrogen-bond donors (Lipinski definition) is 2. The first-order chi connectivity index (χ1) is 12.0. The smallest absolute Gasteiger partial charge is 0.322 e. The normalized spacial score (nSPS) is 24.4. The van der Waals surface area contributed by atoms with E-state index in [-0.39, 0.29) is 17.9 Å². The molecule has 3 heterocycles. The minimum absolute atomic E-state index is 0.151. The number of anilines is 1. The zero-order valence-corrected chi connectivity index (χ0v) is 15.3. The monoisotopic (exact) mass is 345 g/mol. The lowest BCUT2D eigenvalue weighted by Crippen LogP contribution is -2.55. The summed E-state index contributed by atoms with van der Waals surface area (Å²) in [6.07, 6.45) is 4.34. The summed E-state index contributed by atoms with van der Waals surface area (Å²) >= 11 is 0. The first kappa shape index (κ1) is 17.6. The molecule has 0 aliphatic carbocycles. The van der Waals surface area contributed by atoms with Crippen LogP contribution in [-0.4, -0.2) is 40.5 Å². The van der Waals surface area contributed by atoms with Gasteiger partial charge in [-0.25, -0.2) is 14.8 Å². The number of amides is 3. The summed E-state index contributed by atoms with van der Waals surface area (Å²) in [5.41, 5.74) is 0.331. The van der Waals surface area contributed by atoms with Crippen LogP contribution in [0.25, 0.3) is 0 Å². The zero-order valence-electron chi connectivity index (χ0n) is 15.3. The van der Waals surface area contributed by atoms with Gasteiger partial charge >= 0.3 is 6.03 Å². The fourth-order valence-corrected chi connectivity index (χ4v) is 4.09. The molecule has 136 valence electrons. The number of imide groups is 1. The molecule has 2 aliphatic rings. The largest absolute Gasteiger partial charge is 0.356 e. The van der Waals surface area contributed by atoms with Crippen LogP contribution >= 0.6 is 0 Å². The van der Waals surface area contributed by atoms with Crippen LogP contribution in [0.4, 0.5) is 10.6 Å². The molecule has 0 saturated carbocycles. The summed E-state index contributed by atoms with van der Waals surface area (Å²) in [6.45, 7) is 7.70. The van der Waals surface area contributed by atoms with Crippen molar-refractivity contribution >= 4 is 17.8 Å². The molecule has 0 aromatic carbocycles. The van der Waals surface area contributed by atoms with Crippen molar-refractivity contribution in [3.8, 4) is 0 Å². The lowest BCUT2D eigenvalue weighted by atomic mass is 9.76. The van der Waals surface area contributed by atoms with Gasteiger partial charge in [-0.3, -0.25) is 10.1 Å². The van der Waals surface area contributed by atoms with Crippen LogP contribution < -0.4 is 15.5 Å². The van der Waals surface area contributed by atoms with Gasteiger partial charge in [-0.1, -0.05) is 20.3 Å². The molecule has 2 fully saturated rings. The van der Waals surface area contributed by atoms with Gasteiger partial charge < -0.3 is 10.2 Å². The molecular formula is C18H27N5O2. The maximum absolute atomic E-state index is 12.3. The number of hydrogen-bond acceptors (Lipinski definition) is 5. The van der Waals surface area contributed by atoms with Crippen LogP contribution in [0.2, 0.25) is 0 Å². The third-order valence-corrected chi connectivity index (χ3v) is 5.43. The Morgan fingerprint density at radius 2 is 1.96 bits per heavy atom. The van der Waals surface area contributed by atoms with Gasteiger partial charge in [0.25, 0.3) is 5.91 Å². The van der Waals surface area contributed by atoms with Gasteiger partial charge in [0, 0.05) is 24.8 Å². The topological polar surface area (TPSA) is 87.2 Å². The molecule has 2 aliphatic heterocycles. The Balaban J connectivity index is 1.72. The highest BCUT2D eigenvalue weighted by molar-refractivity contribution is 6.07. The predicted molar refractivity (Wildman–Crippen MR) is 95.4 cm³/mol. The highest BCUT2D eigenvalue weighted by Gasteiger charge is 2.50. The Labute approximate surface area is 148 Å². The van der Waals surface area contributed by atoms with Crippen molar-refractivity contribution in [3.63, 3.8) is 0 Å². The van der Waals surface area contributed by atoms with Crippen LogP contribution in [0, 0.1) is 12.8 Å². The van der Waals surface area contributed by atoms with E-state index >= 15 is 0 Å². The number of carbonyl (C=O) groups is 2. The van der Waals surface area contributed by atoms with Crippen LogP contribution in [-0.2, 0) is 11.2 Å². The second kappa shape index (κ2) is 6.98. The van der Waals surface area contributed by atoms with Gasteiger partial charge in [-0.15, -0.1) is 0 Å². The lowest BCUT2D eigenvalue weighted by Gasteiger charge is -2.40. The summed E-state index contributed by atoms with van der Waals surface area (Å²) in [4.78, 5) is 35.3. The molecule has 7 heteroatoms. The number of aryl methyl sites for hydroxylation is 2. The van der Waals surface area contributed by atoms with E-state index in [0.717, 1.165) is 56.1 Å². The van der Waals surface area contributed by atoms with Crippen LogP contribution in [0.5, 0.6) is 0 Å². The predicted octanol–water partition coefficient (Wildman–Crippen LogP) is 1.94. The molecule has 0 unspecified atom stereocenters. The van der Waals surface area contributed by atoms with Gasteiger partial charge in [0.1, 0.15) is 17.2 Å². The Morgan fingerprint density at radius 1 is 1.24 bits per heavy atom. The van der Waals surface area contributed by atoms with Crippen molar-refractivity contribution < 1.29 is 9.59 Å². The molecule has 1 aromatic rings. The number of rotatable bonds is 5.